The highest BCUT2D eigenvalue weighted by atomic mass is 31.2. The van der Waals surface area contributed by atoms with Crippen molar-refractivity contribution in [1.82, 2.24) is 9.80 Å². The number of hydrogen-bond donors (Lipinski definition) is 1. The molecule has 15 heteroatoms. The molecule has 4 atom stereocenters. The zero-order chi connectivity index (χ0) is 36.6. The lowest BCUT2D eigenvalue weighted by atomic mass is 9.84. The summed E-state index contributed by atoms with van der Waals surface area (Å²) in [5, 5.41) is 19.1. The van der Waals surface area contributed by atoms with Crippen LogP contribution in [0.1, 0.15) is 87.7 Å². The van der Waals surface area contributed by atoms with Crippen LogP contribution in [0.25, 0.3) is 0 Å². The van der Waals surface area contributed by atoms with E-state index in [-0.39, 0.29) is 38.2 Å². The minimum atomic E-state index is -4.54. The second-order valence-corrected chi connectivity index (χ2v) is 15.6. The third kappa shape index (κ3) is 7.63. The standard InChI is InChI=1S/C36H43N4O10P/c1-35(2)33(31(39-13-5-7-29(39)41)25-19-23(21-37)9-11-27(25)49-35)45-15-17-47-51(43,44)48-18-16-46-34-32(40-14-6-8-30(40)42)26-20-24(22-38)10-12-28(26)50-36(34,3)4/h9-12,19-20,31-34H,5-8,13-18H2,1-4H3,(H,43,44)/t31-,32-,33+,34+/m1/s1. The summed E-state index contributed by atoms with van der Waals surface area (Å²) in [4.78, 5) is 39.8. The minimum absolute atomic E-state index is 0.0241. The van der Waals surface area contributed by atoms with Gasteiger partial charge in [-0.3, -0.25) is 18.6 Å². The van der Waals surface area contributed by atoms with Crippen molar-refractivity contribution in [1.29, 1.82) is 10.5 Å². The molecule has 51 heavy (non-hydrogen) atoms. The fourth-order valence-electron chi connectivity index (χ4n) is 7.52. The highest BCUT2D eigenvalue weighted by Crippen LogP contribution is 2.48. The van der Waals surface area contributed by atoms with E-state index in [0.717, 1.165) is 0 Å². The van der Waals surface area contributed by atoms with E-state index in [1.807, 2.05) is 27.7 Å². The largest absolute Gasteiger partial charge is 0.485 e. The number of benzene rings is 2. The number of carbonyl (C=O) groups is 2. The Bertz CT molecular complexity index is 1680. The second kappa shape index (κ2) is 14.5. The fraction of sp³-hybridized carbons (Fsp3) is 0.556. The Hall–Kier alpha value is -4.01. The molecule has 2 aromatic rings. The number of phosphoric acid groups is 1. The van der Waals surface area contributed by atoms with Crippen LogP contribution in [-0.4, -0.2) is 89.4 Å². The van der Waals surface area contributed by atoms with Gasteiger partial charge in [-0.25, -0.2) is 4.57 Å². The first kappa shape index (κ1) is 36.8. The van der Waals surface area contributed by atoms with Gasteiger partial charge in [0.05, 0.1) is 61.8 Å². The van der Waals surface area contributed by atoms with Gasteiger partial charge in [0.15, 0.2) is 0 Å². The van der Waals surface area contributed by atoms with E-state index >= 15 is 0 Å². The molecule has 14 nitrogen and oxygen atoms in total. The topological polar surface area (TPSA) is 181 Å². The molecule has 0 saturated carbocycles. The summed E-state index contributed by atoms with van der Waals surface area (Å²) in [6.07, 6.45) is 0.866. The molecule has 2 fully saturated rings. The minimum Gasteiger partial charge on any atom is -0.485 e. The van der Waals surface area contributed by atoms with Gasteiger partial charge in [0.2, 0.25) is 11.8 Å². The van der Waals surface area contributed by atoms with Gasteiger partial charge < -0.3 is 33.6 Å². The van der Waals surface area contributed by atoms with Gasteiger partial charge in [0.1, 0.15) is 34.9 Å². The maximum atomic E-state index is 12.9. The molecule has 0 bridgehead atoms. The molecule has 0 aromatic heterocycles. The molecular formula is C36H43N4O10P. The summed E-state index contributed by atoms with van der Waals surface area (Å²) in [6, 6.07) is 13.4. The van der Waals surface area contributed by atoms with Crippen LogP contribution in [0.4, 0.5) is 0 Å². The Labute approximate surface area is 297 Å². The Balaban J connectivity index is 1.07. The summed E-state index contributed by atoms with van der Waals surface area (Å²) >= 11 is 0. The molecule has 6 rings (SSSR count). The van der Waals surface area contributed by atoms with Gasteiger partial charge in [0, 0.05) is 37.1 Å². The highest BCUT2D eigenvalue weighted by molar-refractivity contribution is 7.47. The van der Waals surface area contributed by atoms with Crippen molar-refractivity contribution < 1.29 is 47.0 Å². The molecule has 272 valence electrons. The number of phosphoric ester groups is 1. The third-order valence-electron chi connectivity index (χ3n) is 9.77. The maximum Gasteiger partial charge on any atom is 0.472 e. The summed E-state index contributed by atoms with van der Waals surface area (Å²) in [5.74, 6) is 1.08. The molecule has 4 aliphatic heterocycles. The van der Waals surface area contributed by atoms with Crippen LogP contribution >= 0.6 is 7.82 Å². The van der Waals surface area contributed by atoms with Crippen LogP contribution in [0, 0.1) is 22.7 Å². The first-order chi connectivity index (χ1) is 24.2. The number of rotatable bonds is 12. The van der Waals surface area contributed by atoms with Gasteiger partial charge in [-0.05, 0) is 76.9 Å². The molecule has 4 aliphatic rings. The smallest absolute Gasteiger partial charge is 0.472 e. The van der Waals surface area contributed by atoms with Crippen LogP contribution in [0.5, 0.6) is 11.5 Å². The van der Waals surface area contributed by atoms with Gasteiger partial charge >= 0.3 is 7.82 Å². The summed E-state index contributed by atoms with van der Waals surface area (Å²) in [7, 11) is -4.54. The first-order valence-electron chi connectivity index (χ1n) is 17.1. The average molecular weight is 723 g/mol. The molecular weight excluding hydrogens is 679 g/mol. The van der Waals surface area contributed by atoms with E-state index in [0.29, 0.717) is 72.5 Å². The summed E-state index contributed by atoms with van der Waals surface area (Å²) < 4.78 is 48.3. The zero-order valence-electron chi connectivity index (χ0n) is 29.2. The quantitative estimate of drug-likeness (QED) is 0.236. The lowest BCUT2D eigenvalue weighted by Gasteiger charge is -2.47. The van der Waals surface area contributed by atoms with Gasteiger partial charge in [-0.2, -0.15) is 10.5 Å². The van der Waals surface area contributed by atoms with Crippen molar-refractivity contribution in [3.05, 3.63) is 58.7 Å². The molecule has 2 amide bonds. The number of hydrogen-bond acceptors (Lipinski definition) is 11. The fourth-order valence-corrected chi connectivity index (χ4v) is 8.20. The number of fused-ring (bicyclic) bond motifs is 2. The number of likely N-dealkylation sites (tertiary alicyclic amines) is 2. The number of amides is 2. The van der Waals surface area contributed by atoms with E-state index in [1.54, 1.807) is 46.2 Å². The average Bonchev–Trinajstić information content (AvgIpc) is 3.71. The molecule has 0 aliphatic carbocycles. The molecule has 2 aromatic carbocycles. The SMILES string of the molecule is CC1(C)Oc2ccc(C#N)cc2[C@@H](N2CCCC2=O)[C@@H]1OCCOP(=O)(O)OCCO[C@H]1[C@H](N2CCCC2=O)c2cc(C#N)ccc2OC1(C)C. The van der Waals surface area contributed by atoms with Gasteiger partial charge in [0.25, 0.3) is 0 Å². The van der Waals surface area contributed by atoms with Crippen LogP contribution < -0.4 is 9.47 Å². The molecule has 4 heterocycles. The van der Waals surface area contributed by atoms with E-state index < -0.39 is 43.3 Å². The van der Waals surface area contributed by atoms with E-state index in [1.165, 1.54) is 0 Å². The predicted molar refractivity (Wildman–Crippen MR) is 180 cm³/mol. The summed E-state index contributed by atoms with van der Waals surface area (Å²) in [5.41, 5.74) is 0.406. The van der Waals surface area contributed by atoms with Crippen molar-refractivity contribution in [2.75, 3.05) is 39.5 Å². The lowest BCUT2D eigenvalue weighted by Crippen LogP contribution is -2.55. The highest BCUT2D eigenvalue weighted by Gasteiger charge is 2.51. The van der Waals surface area contributed by atoms with E-state index in [2.05, 4.69) is 12.1 Å². The first-order valence-corrected chi connectivity index (χ1v) is 18.6. The van der Waals surface area contributed by atoms with E-state index in [9.17, 15) is 29.6 Å². The summed E-state index contributed by atoms with van der Waals surface area (Å²) in [6.45, 7) is 7.61. The van der Waals surface area contributed by atoms with Crippen LogP contribution in [-0.2, 0) is 32.7 Å². The molecule has 0 radical (unpaired) electrons. The zero-order valence-corrected chi connectivity index (χ0v) is 30.1. The Morgan fingerprint density at radius 2 is 1.18 bits per heavy atom. The monoisotopic (exact) mass is 722 g/mol. The number of nitrogens with zero attached hydrogens (tertiary/aromatic N) is 4. The molecule has 0 unspecified atom stereocenters. The molecule has 0 spiro atoms. The van der Waals surface area contributed by atoms with E-state index in [4.69, 9.17) is 28.0 Å². The van der Waals surface area contributed by atoms with Crippen molar-refractivity contribution >= 4 is 19.6 Å². The van der Waals surface area contributed by atoms with Crippen molar-refractivity contribution in [2.24, 2.45) is 0 Å². The van der Waals surface area contributed by atoms with Gasteiger partial charge in [-0.1, -0.05) is 0 Å². The Kier molecular flexibility index (Phi) is 10.5. The van der Waals surface area contributed by atoms with Crippen LogP contribution in [0.2, 0.25) is 0 Å². The number of ether oxygens (including phenoxy) is 4. The lowest BCUT2D eigenvalue weighted by molar-refractivity contribution is -0.150. The normalized spacial score (nSPS) is 25.0. The maximum absolute atomic E-state index is 12.9. The van der Waals surface area contributed by atoms with Crippen molar-refractivity contribution in [3.8, 4) is 23.6 Å². The predicted octanol–water partition coefficient (Wildman–Crippen LogP) is 4.70. The van der Waals surface area contributed by atoms with Crippen LogP contribution in [0.15, 0.2) is 36.4 Å². The Morgan fingerprint density at radius 3 is 1.53 bits per heavy atom. The second-order valence-electron chi connectivity index (χ2n) is 14.1. The van der Waals surface area contributed by atoms with Crippen molar-refractivity contribution in [2.45, 2.75) is 88.9 Å². The van der Waals surface area contributed by atoms with Crippen molar-refractivity contribution in [3.63, 3.8) is 0 Å². The van der Waals surface area contributed by atoms with Crippen LogP contribution in [0.3, 0.4) is 0 Å². The molecule has 1 N–H and O–H groups in total. The third-order valence-corrected chi connectivity index (χ3v) is 10.8. The number of nitriles is 2. The number of carbonyl (C=O) groups excluding carboxylic acids is 2. The van der Waals surface area contributed by atoms with Gasteiger partial charge in [-0.15, -0.1) is 0 Å². The Morgan fingerprint density at radius 1 is 0.765 bits per heavy atom. The molecule has 2 saturated heterocycles.